The molecule has 0 aliphatic carbocycles. The molecule has 2 bridgehead atoms. The third-order valence-electron chi connectivity index (χ3n) is 4.15. The molecule has 3 atom stereocenters. The molecule has 2 heterocycles. The molecule has 1 aromatic carbocycles. The number of hydrogen-bond acceptors (Lipinski definition) is 3. The molecule has 0 spiro atoms. The molecule has 4 heteroatoms. The largest absolute Gasteiger partial charge is 0.496 e. The average molecular weight is 287 g/mol. The lowest BCUT2D eigenvalue weighted by Gasteiger charge is -2.33. The van der Waals surface area contributed by atoms with Crippen LogP contribution in [0.2, 0.25) is 0 Å². The molecule has 3 rings (SSSR count). The molecule has 0 radical (unpaired) electrons. The Morgan fingerprint density at radius 2 is 2.25 bits per heavy atom. The quantitative estimate of drug-likeness (QED) is 0.840. The van der Waals surface area contributed by atoms with E-state index in [0.717, 1.165) is 30.6 Å². The molecule has 2 aliphatic rings. The van der Waals surface area contributed by atoms with Crippen LogP contribution in [0.1, 0.15) is 36.8 Å². The van der Waals surface area contributed by atoms with Crippen molar-refractivity contribution in [1.82, 2.24) is 0 Å². The van der Waals surface area contributed by atoms with Gasteiger partial charge in [-0.05, 0) is 43.0 Å². The lowest BCUT2D eigenvalue weighted by molar-refractivity contribution is 0.413. The van der Waals surface area contributed by atoms with Gasteiger partial charge in [0.1, 0.15) is 5.75 Å². The Morgan fingerprint density at radius 1 is 1.40 bits per heavy atom. The summed E-state index contributed by atoms with van der Waals surface area (Å²) >= 11 is 0. The van der Waals surface area contributed by atoms with E-state index in [4.69, 9.17) is 10.00 Å². The normalized spacial score (nSPS) is 28.4. The van der Waals surface area contributed by atoms with Crippen molar-refractivity contribution >= 4 is 16.4 Å². The van der Waals surface area contributed by atoms with Gasteiger partial charge in [0.25, 0.3) is 0 Å². The van der Waals surface area contributed by atoms with Crippen LogP contribution in [-0.4, -0.2) is 21.8 Å². The fourth-order valence-corrected chi connectivity index (χ4v) is 5.06. The number of methoxy groups -OCH3 is 1. The maximum atomic E-state index is 12.2. The molecule has 20 heavy (non-hydrogen) atoms. The highest BCUT2D eigenvalue weighted by atomic mass is 32.2. The second-order valence-corrected chi connectivity index (χ2v) is 7.27. The number of nitrogens with zero attached hydrogens (tertiary/aromatic N) is 1. The van der Waals surface area contributed by atoms with Crippen molar-refractivity contribution in [2.24, 2.45) is 0 Å². The summed E-state index contributed by atoms with van der Waals surface area (Å²) in [5.41, 5.74) is 2.81. The predicted octanol–water partition coefficient (Wildman–Crippen LogP) is 3.02. The fraction of sp³-hybridized carbons (Fsp3) is 0.438. The fourth-order valence-electron chi connectivity index (χ4n) is 3.13. The van der Waals surface area contributed by atoms with Gasteiger partial charge in [-0.25, -0.2) is 0 Å². The maximum absolute atomic E-state index is 12.2. The minimum Gasteiger partial charge on any atom is -0.496 e. The van der Waals surface area contributed by atoms with E-state index in [0.29, 0.717) is 5.56 Å². The van der Waals surface area contributed by atoms with Crippen LogP contribution in [0, 0.1) is 11.3 Å². The van der Waals surface area contributed by atoms with Gasteiger partial charge in [-0.2, -0.15) is 5.26 Å². The number of benzene rings is 1. The lowest BCUT2D eigenvalue weighted by atomic mass is 9.92. The van der Waals surface area contributed by atoms with Gasteiger partial charge < -0.3 is 4.74 Å². The van der Waals surface area contributed by atoms with Gasteiger partial charge in [0.2, 0.25) is 0 Å². The SMILES string of the molecule is COc1ccc(C#N)cc1C1=CC2CCCC(C1)S2=O. The van der Waals surface area contributed by atoms with Gasteiger partial charge in [0.05, 0.1) is 24.0 Å². The van der Waals surface area contributed by atoms with Crippen LogP contribution in [-0.2, 0) is 10.8 Å². The summed E-state index contributed by atoms with van der Waals surface area (Å²) in [4.78, 5) is 0. The van der Waals surface area contributed by atoms with Crippen molar-refractivity contribution < 1.29 is 8.95 Å². The molecule has 1 fully saturated rings. The highest BCUT2D eigenvalue weighted by molar-refractivity contribution is 7.86. The van der Waals surface area contributed by atoms with Crippen LogP contribution in [0.15, 0.2) is 24.3 Å². The van der Waals surface area contributed by atoms with Crippen molar-refractivity contribution in [2.75, 3.05) is 7.11 Å². The first-order chi connectivity index (χ1) is 9.72. The molecule has 0 N–H and O–H groups in total. The van der Waals surface area contributed by atoms with Gasteiger partial charge in [-0.1, -0.05) is 12.5 Å². The van der Waals surface area contributed by atoms with Crippen LogP contribution in [0.3, 0.4) is 0 Å². The summed E-state index contributed by atoms with van der Waals surface area (Å²) < 4.78 is 17.7. The van der Waals surface area contributed by atoms with E-state index in [1.54, 1.807) is 13.2 Å². The zero-order chi connectivity index (χ0) is 14.1. The number of nitriles is 1. The molecule has 1 aromatic rings. The van der Waals surface area contributed by atoms with Crippen LogP contribution < -0.4 is 4.74 Å². The van der Waals surface area contributed by atoms with Gasteiger partial charge in [0.15, 0.2) is 0 Å². The first-order valence-corrected chi connectivity index (χ1v) is 8.19. The zero-order valence-corrected chi connectivity index (χ0v) is 12.3. The van der Waals surface area contributed by atoms with Crippen LogP contribution in [0.5, 0.6) is 5.75 Å². The molecule has 3 unspecified atom stereocenters. The van der Waals surface area contributed by atoms with Crippen molar-refractivity contribution in [3.63, 3.8) is 0 Å². The summed E-state index contributed by atoms with van der Waals surface area (Å²) in [5, 5.41) is 9.51. The summed E-state index contributed by atoms with van der Waals surface area (Å²) in [5.74, 6) is 0.793. The Morgan fingerprint density at radius 3 is 2.95 bits per heavy atom. The van der Waals surface area contributed by atoms with Crippen molar-refractivity contribution in [2.45, 2.75) is 36.2 Å². The van der Waals surface area contributed by atoms with Crippen molar-refractivity contribution in [3.05, 3.63) is 35.4 Å². The van der Waals surface area contributed by atoms with Crippen LogP contribution in [0.4, 0.5) is 0 Å². The summed E-state index contributed by atoms with van der Waals surface area (Å²) in [6, 6.07) is 7.67. The molecule has 0 aromatic heterocycles. The molecule has 0 saturated carbocycles. The van der Waals surface area contributed by atoms with Gasteiger partial charge in [-0.3, -0.25) is 4.21 Å². The summed E-state index contributed by atoms with van der Waals surface area (Å²) in [7, 11) is 0.918. The molecular formula is C16H17NO2S. The molecule has 2 aliphatic heterocycles. The third kappa shape index (κ3) is 2.27. The van der Waals surface area contributed by atoms with E-state index in [2.05, 4.69) is 12.1 Å². The Bertz CT molecular complexity index is 630. The minimum atomic E-state index is -0.728. The predicted molar refractivity (Wildman–Crippen MR) is 79.9 cm³/mol. The maximum Gasteiger partial charge on any atom is 0.126 e. The van der Waals surface area contributed by atoms with E-state index >= 15 is 0 Å². The number of fused-ring (bicyclic) bond motifs is 2. The Labute approximate surface area is 121 Å². The smallest absolute Gasteiger partial charge is 0.126 e. The van der Waals surface area contributed by atoms with Crippen LogP contribution >= 0.6 is 0 Å². The van der Waals surface area contributed by atoms with Gasteiger partial charge in [0, 0.05) is 21.6 Å². The van der Waals surface area contributed by atoms with E-state index in [1.807, 2.05) is 12.1 Å². The molecular weight excluding hydrogens is 270 g/mol. The summed E-state index contributed by atoms with van der Waals surface area (Å²) in [6.07, 6.45) is 6.19. The van der Waals surface area contributed by atoms with Gasteiger partial charge in [-0.15, -0.1) is 0 Å². The average Bonchev–Trinajstić information content (AvgIpc) is 2.46. The standard InChI is InChI=1S/C16H17NO2S/c1-19-16-6-5-11(10-17)7-15(16)12-8-13-3-2-4-14(9-12)20(13)18/h5-8,13-14H,2-4,9H2,1H3. The topological polar surface area (TPSA) is 50.1 Å². The van der Waals surface area contributed by atoms with Crippen LogP contribution in [0.25, 0.3) is 5.57 Å². The third-order valence-corrected chi connectivity index (χ3v) is 6.18. The molecule has 104 valence electrons. The van der Waals surface area contributed by atoms with E-state index in [9.17, 15) is 4.21 Å². The summed E-state index contributed by atoms with van der Waals surface area (Å²) in [6.45, 7) is 0. The first-order valence-electron chi connectivity index (χ1n) is 6.91. The second-order valence-electron chi connectivity index (χ2n) is 5.34. The number of ether oxygens (including phenoxy) is 1. The Hall–Kier alpha value is -1.60. The number of rotatable bonds is 2. The minimum absolute atomic E-state index is 0.174. The van der Waals surface area contributed by atoms with Crippen molar-refractivity contribution in [3.8, 4) is 11.8 Å². The van der Waals surface area contributed by atoms with E-state index in [-0.39, 0.29) is 10.5 Å². The number of hydrogen-bond donors (Lipinski definition) is 0. The number of allylic oxidation sites excluding steroid dienone is 1. The highest BCUT2D eigenvalue weighted by Crippen LogP contribution is 2.39. The molecule has 0 amide bonds. The van der Waals surface area contributed by atoms with E-state index in [1.165, 1.54) is 12.0 Å². The second kappa shape index (κ2) is 5.41. The molecule has 1 saturated heterocycles. The van der Waals surface area contributed by atoms with Gasteiger partial charge >= 0.3 is 0 Å². The monoisotopic (exact) mass is 287 g/mol. The highest BCUT2D eigenvalue weighted by Gasteiger charge is 2.34. The zero-order valence-electron chi connectivity index (χ0n) is 11.5. The Balaban J connectivity index is 2.05. The Kier molecular flexibility index (Phi) is 3.62. The lowest BCUT2D eigenvalue weighted by Crippen LogP contribution is -2.33. The van der Waals surface area contributed by atoms with Crippen molar-refractivity contribution in [1.29, 1.82) is 5.26 Å². The molecule has 3 nitrogen and oxygen atoms in total. The van der Waals surface area contributed by atoms with E-state index < -0.39 is 10.8 Å². The first kappa shape index (κ1) is 13.4.